The molecule has 0 aromatic heterocycles. The molecule has 8 nitrogen and oxygen atoms in total. The number of non-ortho nitro benzene ring substituents is 1. The van der Waals surface area contributed by atoms with Crippen LogP contribution in [0.5, 0.6) is 5.75 Å². The average Bonchev–Trinajstić information content (AvgIpc) is 2.76. The van der Waals surface area contributed by atoms with Crippen LogP contribution in [0.4, 0.5) is 5.69 Å². The quantitative estimate of drug-likeness (QED) is 0.265. The zero-order chi connectivity index (χ0) is 26.4. The zero-order valence-electron chi connectivity index (χ0n) is 21.2. The van der Waals surface area contributed by atoms with Crippen molar-refractivity contribution in [1.29, 1.82) is 0 Å². The molecule has 0 atom stereocenters. The summed E-state index contributed by atoms with van der Waals surface area (Å²) in [6, 6.07) is 9.43. The Morgan fingerprint density at radius 1 is 1.00 bits per heavy atom. The summed E-state index contributed by atoms with van der Waals surface area (Å²) in [5.41, 5.74) is 7.18. The molecule has 0 fully saturated rings. The van der Waals surface area contributed by atoms with Crippen LogP contribution in [0, 0.1) is 10.1 Å². The van der Waals surface area contributed by atoms with Gasteiger partial charge in [0.2, 0.25) is 5.91 Å². The lowest BCUT2D eigenvalue weighted by atomic mass is 9.78. The number of aromatic hydroxyl groups is 1. The monoisotopic (exact) mass is 501 g/mol. The first-order valence-electron chi connectivity index (χ1n) is 11.5. The second kappa shape index (κ2) is 11.6. The van der Waals surface area contributed by atoms with E-state index in [9.17, 15) is 24.8 Å². The van der Waals surface area contributed by atoms with Gasteiger partial charge in [0, 0.05) is 17.7 Å². The number of amides is 2. The molecule has 2 aromatic rings. The Kier molecular flexibility index (Phi) is 9.31. The van der Waals surface area contributed by atoms with E-state index in [0.717, 1.165) is 41.4 Å². The van der Waals surface area contributed by atoms with Crippen molar-refractivity contribution in [3.05, 3.63) is 68.8 Å². The van der Waals surface area contributed by atoms with E-state index >= 15 is 0 Å². The molecule has 0 bridgehead atoms. The molecule has 9 heteroatoms. The van der Waals surface area contributed by atoms with Crippen LogP contribution in [0.1, 0.15) is 75.0 Å². The molecular formula is C26H35N3O5S. The van der Waals surface area contributed by atoms with E-state index in [1.807, 2.05) is 0 Å². The van der Waals surface area contributed by atoms with Crippen molar-refractivity contribution in [2.45, 2.75) is 65.2 Å². The van der Waals surface area contributed by atoms with Gasteiger partial charge in [-0.2, -0.15) is 11.8 Å². The molecule has 0 saturated carbocycles. The Morgan fingerprint density at radius 3 is 2.14 bits per heavy atom. The molecule has 0 saturated heterocycles. The number of carbonyl (C=O) groups is 2. The number of nitro benzene ring substituents is 1. The van der Waals surface area contributed by atoms with Crippen molar-refractivity contribution in [3.8, 4) is 5.75 Å². The molecule has 0 heterocycles. The number of aryl methyl sites for hydroxylation is 1. The van der Waals surface area contributed by atoms with Gasteiger partial charge in [-0.25, -0.2) is 0 Å². The Labute approximate surface area is 211 Å². The van der Waals surface area contributed by atoms with Crippen LogP contribution in [0.3, 0.4) is 0 Å². The highest BCUT2D eigenvalue weighted by Crippen LogP contribution is 2.40. The smallest absolute Gasteiger partial charge is 0.270 e. The molecule has 0 radical (unpaired) electrons. The van der Waals surface area contributed by atoms with Crippen molar-refractivity contribution >= 4 is 29.3 Å². The number of hydrogen-bond donors (Lipinski definition) is 3. The third-order valence-corrected chi connectivity index (χ3v) is 6.45. The van der Waals surface area contributed by atoms with Gasteiger partial charge in [-0.15, -0.1) is 0 Å². The first-order valence-corrected chi connectivity index (χ1v) is 12.6. The van der Waals surface area contributed by atoms with E-state index in [2.05, 4.69) is 64.5 Å². The molecule has 0 spiro atoms. The number of nitrogens with one attached hydrogen (secondary N) is 2. The summed E-state index contributed by atoms with van der Waals surface area (Å²) in [5, 5.41) is 21.7. The highest BCUT2D eigenvalue weighted by atomic mass is 32.2. The van der Waals surface area contributed by atoms with Gasteiger partial charge in [-0.3, -0.25) is 30.6 Å². The maximum Gasteiger partial charge on any atom is 0.270 e. The van der Waals surface area contributed by atoms with Crippen LogP contribution in [-0.4, -0.2) is 33.3 Å². The predicted octanol–water partition coefficient (Wildman–Crippen LogP) is 5.02. The molecule has 2 amide bonds. The van der Waals surface area contributed by atoms with Crippen LogP contribution >= 0.6 is 11.8 Å². The summed E-state index contributed by atoms with van der Waals surface area (Å²) >= 11 is 1.46. The molecule has 0 aliphatic carbocycles. The van der Waals surface area contributed by atoms with Gasteiger partial charge in [-0.05, 0) is 52.2 Å². The number of hydrogen-bond acceptors (Lipinski definition) is 6. The van der Waals surface area contributed by atoms with Crippen molar-refractivity contribution in [2.24, 2.45) is 0 Å². The normalized spacial score (nSPS) is 11.7. The Balaban J connectivity index is 1.84. The lowest BCUT2D eigenvalue weighted by Crippen LogP contribution is -2.42. The number of phenolic OH excluding ortho intramolecular Hbond substituents is 1. The molecule has 2 rings (SSSR count). The average molecular weight is 502 g/mol. The van der Waals surface area contributed by atoms with Gasteiger partial charge in [0.25, 0.3) is 11.6 Å². The third kappa shape index (κ3) is 8.28. The minimum absolute atomic E-state index is 0.0882. The number of carbonyl (C=O) groups excluding carboxylic acids is 2. The molecule has 3 N–H and O–H groups in total. The van der Waals surface area contributed by atoms with Gasteiger partial charge >= 0.3 is 0 Å². The SMILES string of the molecule is CC(C)(C)c1cc(CCCSCC(=O)NNC(=O)c2cccc([N+](=O)[O-])c2)cc(C(C)(C)C)c1O. The topological polar surface area (TPSA) is 122 Å². The van der Waals surface area contributed by atoms with E-state index in [1.54, 1.807) is 0 Å². The van der Waals surface area contributed by atoms with E-state index in [4.69, 9.17) is 0 Å². The maximum atomic E-state index is 12.1. The fourth-order valence-electron chi connectivity index (χ4n) is 3.52. The van der Waals surface area contributed by atoms with Crippen molar-refractivity contribution in [2.75, 3.05) is 11.5 Å². The summed E-state index contributed by atoms with van der Waals surface area (Å²) in [7, 11) is 0. The molecule has 190 valence electrons. The number of thioether (sulfide) groups is 1. The fourth-order valence-corrected chi connectivity index (χ4v) is 4.27. The van der Waals surface area contributed by atoms with Gasteiger partial charge in [0.15, 0.2) is 0 Å². The Morgan fingerprint density at radius 2 is 1.60 bits per heavy atom. The highest BCUT2D eigenvalue weighted by molar-refractivity contribution is 7.99. The molecule has 35 heavy (non-hydrogen) atoms. The van der Waals surface area contributed by atoms with Gasteiger partial charge in [0.1, 0.15) is 5.75 Å². The van der Waals surface area contributed by atoms with Crippen LogP contribution in [0.25, 0.3) is 0 Å². The van der Waals surface area contributed by atoms with Crippen LogP contribution in [0.15, 0.2) is 36.4 Å². The van der Waals surface area contributed by atoms with Gasteiger partial charge in [0.05, 0.1) is 10.7 Å². The Hall–Kier alpha value is -3.07. The number of nitrogens with zero attached hydrogens (tertiary/aromatic N) is 1. The largest absolute Gasteiger partial charge is 0.507 e. The molecule has 0 aliphatic rings. The molecular weight excluding hydrogens is 466 g/mol. The first kappa shape index (κ1) is 28.2. The van der Waals surface area contributed by atoms with Crippen molar-refractivity contribution in [1.82, 2.24) is 10.9 Å². The highest BCUT2D eigenvalue weighted by Gasteiger charge is 2.26. The maximum absolute atomic E-state index is 12.1. The number of hydrazine groups is 1. The summed E-state index contributed by atoms with van der Waals surface area (Å²) in [6.07, 6.45) is 1.68. The van der Waals surface area contributed by atoms with Crippen LogP contribution in [-0.2, 0) is 22.0 Å². The number of nitro groups is 1. The fraction of sp³-hybridized carbons (Fsp3) is 0.462. The van der Waals surface area contributed by atoms with Crippen molar-refractivity contribution < 1.29 is 19.6 Å². The van der Waals surface area contributed by atoms with Crippen LogP contribution < -0.4 is 10.9 Å². The van der Waals surface area contributed by atoms with E-state index < -0.39 is 10.8 Å². The summed E-state index contributed by atoms with van der Waals surface area (Å²) in [4.78, 5) is 34.4. The van der Waals surface area contributed by atoms with Crippen LogP contribution in [0.2, 0.25) is 0 Å². The Bertz CT molecular complexity index is 1050. The van der Waals surface area contributed by atoms with Gasteiger partial charge < -0.3 is 5.11 Å². The first-order chi connectivity index (χ1) is 16.2. The minimum Gasteiger partial charge on any atom is -0.507 e. The number of rotatable bonds is 8. The minimum atomic E-state index is -0.622. The third-order valence-electron chi connectivity index (χ3n) is 5.41. The predicted molar refractivity (Wildman–Crippen MR) is 140 cm³/mol. The summed E-state index contributed by atoms with van der Waals surface area (Å²) in [6.45, 7) is 12.5. The zero-order valence-corrected chi connectivity index (χ0v) is 22.0. The molecule has 0 aliphatic heterocycles. The number of phenols is 1. The van der Waals surface area contributed by atoms with E-state index in [1.165, 1.54) is 30.0 Å². The second-order valence-corrected chi connectivity index (χ2v) is 11.6. The van der Waals surface area contributed by atoms with E-state index in [-0.39, 0.29) is 33.7 Å². The number of benzene rings is 2. The summed E-state index contributed by atoms with van der Waals surface area (Å²) < 4.78 is 0. The standard InChI is InChI=1S/C26H35N3O5S/c1-25(2,3)20-13-17(14-21(23(20)31)26(4,5)6)9-8-12-35-16-22(30)27-28-24(32)18-10-7-11-19(15-18)29(33)34/h7,10-11,13-15,31H,8-9,12,16H2,1-6H3,(H,27,30)(H,28,32). The lowest BCUT2D eigenvalue weighted by Gasteiger charge is -2.28. The molecule has 0 unspecified atom stereocenters. The van der Waals surface area contributed by atoms with E-state index in [0.29, 0.717) is 5.75 Å². The van der Waals surface area contributed by atoms with Crippen molar-refractivity contribution in [3.63, 3.8) is 0 Å². The molecule has 2 aromatic carbocycles. The second-order valence-electron chi connectivity index (χ2n) is 10.5. The summed E-state index contributed by atoms with van der Waals surface area (Å²) in [5.74, 6) is 0.313. The lowest BCUT2D eigenvalue weighted by molar-refractivity contribution is -0.384. The van der Waals surface area contributed by atoms with Gasteiger partial charge in [-0.1, -0.05) is 59.7 Å².